The minimum absolute atomic E-state index is 0.156. The van der Waals surface area contributed by atoms with Gasteiger partial charge in [-0.2, -0.15) is 0 Å². The van der Waals surface area contributed by atoms with Crippen LogP contribution in [0.15, 0.2) is 30.3 Å². The van der Waals surface area contributed by atoms with Crippen LogP contribution in [0.1, 0.15) is 24.8 Å². The van der Waals surface area contributed by atoms with E-state index in [1.54, 1.807) is 30.3 Å². The van der Waals surface area contributed by atoms with Crippen molar-refractivity contribution in [3.05, 3.63) is 35.9 Å². The number of aliphatic carboxylic acids is 2. The fourth-order valence-electron chi connectivity index (χ4n) is 2.98. The molecule has 11 N–H and O–H groups in total. The fraction of sp³-hybridized carbons (Fsp3) is 0.381. The van der Waals surface area contributed by atoms with Gasteiger partial charge in [0, 0.05) is 6.42 Å². The summed E-state index contributed by atoms with van der Waals surface area (Å²) in [5.74, 6) is -8.05. The quantitative estimate of drug-likeness (QED) is 0.115. The van der Waals surface area contributed by atoms with Crippen LogP contribution in [0.25, 0.3) is 0 Å². The average molecular weight is 508 g/mol. The highest BCUT2D eigenvalue weighted by molar-refractivity contribution is 5.97. The number of carboxylic acid groups (broad SMARTS) is 2. The van der Waals surface area contributed by atoms with Crippen molar-refractivity contribution >= 4 is 41.5 Å². The Morgan fingerprint density at radius 3 is 1.69 bits per heavy atom. The van der Waals surface area contributed by atoms with E-state index < -0.39 is 84.9 Å². The number of primary amides is 2. The fourth-order valence-corrected chi connectivity index (χ4v) is 2.98. The van der Waals surface area contributed by atoms with Crippen molar-refractivity contribution in [2.24, 2.45) is 17.2 Å². The molecule has 0 aromatic heterocycles. The minimum atomic E-state index is -1.79. The van der Waals surface area contributed by atoms with Crippen LogP contribution in [0.3, 0.4) is 0 Å². The summed E-state index contributed by atoms with van der Waals surface area (Å²) in [7, 11) is 0. The molecule has 4 atom stereocenters. The third-order valence-electron chi connectivity index (χ3n) is 4.71. The van der Waals surface area contributed by atoms with Crippen molar-refractivity contribution in [1.29, 1.82) is 0 Å². The molecule has 15 nitrogen and oxygen atoms in total. The summed E-state index contributed by atoms with van der Waals surface area (Å²) < 4.78 is 0. The Kier molecular flexibility index (Phi) is 11.5. The summed E-state index contributed by atoms with van der Waals surface area (Å²) >= 11 is 0. The van der Waals surface area contributed by atoms with E-state index in [9.17, 15) is 38.7 Å². The molecule has 15 heteroatoms. The van der Waals surface area contributed by atoms with Crippen molar-refractivity contribution in [2.75, 3.05) is 0 Å². The number of benzene rings is 1. The minimum Gasteiger partial charge on any atom is -0.481 e. The van der Waals surface area contributed by atoms with E-state index in [0.29, 0.717) is 5.56 Å². The summed E-state index contributed by atoms with van der Waals surface area (Å²) in [4.78, 5) is 82.7. The zero-order valence-electron chi connectivity index (χ0n) is 19.0. The lowest BCUT2D eigenvalue weighted by molar-refractivity contribution is -0.147. The van der Waals surface area contributed by atoms with Gasteiger partial charge in [0.1, 0.15) is 18.1 Å². The van der Waals surface area contributed by atoms with Gasteiger partial charge in [0.2, 0.25) is 29.5 Å². The SMILES string of the molecule is NC(=O)CC(N)C(=O)NC(CC(N)=O)C(=O)NC(Cc1ccccc1)C(=O)NC(CC(=O)O)C(=O)O. The molecule has 196 valence electrons. The molecule has 4 unspecified atom stereocenters. The number of hydrogen-bond acceptors (Lipinski definition) is 8. The highest BCUT2D eigenvalue weighted by Crippen LogP contribution is 2.06. The van der Waals surface area contributed by atoms with E-state index in [0.717, 1.165) is 0 Å². The van der Waals surface area contributed by atoms with Crippen LogP contribution in [-0.2, 0) is 40.0 Å². The summed E-state index contributed by atoms with van der Waals surface area (Å²) in [6.07, 6.45) is -2.32. The third kappa shape index (κ3) is 10.6. The van der Waals surface area contributed by atoms with Crippen LogP contribution in [-0.4, -0.2) is 75.9 Å². The Morgan fingerprint density at radius 1 is 0.694 bits per heavy atom. The number of amides is 5. The molecule has 0 spiro atoms. The molecule has 5 amide bonds. The maximum absolute atomic E-state index is 12.9. The molecule has 0 aliphatic heterocycles. The molecular formula is C21H28N6O9. The van der Waals surface area contributed by atoms with Gasteiger partial charge >= 0.3 is 11.9 Å². The van der Waals surface area contributed by atoms with Gasteiger partial charge in [0.15, 0.2) is 0 Å². The first-order valence-corrected chi connectivity index (χ1v) is 10.5. The molecule has 0 fully saturated rings. The van der Waals surface area contributed by atoms with Crippen molar-refractivity contribution in [1.82, 2.24) is 16.0 Å². The Hall–Kier alpha value is -4.53. The molecular weight excluding hydrogens is 480 g/mol. The molecule has 0 bridgehead atoms. The zero-order chi connectivity index (χ0) is 27.4. The monoisotopic (exact) mass is 508 g/mol. The number of carboxylic acids is 2. The van der Waals surface area contributed by atoms with Crippen molar-refractivity contribution in [2.45, 2.75) is 49.9 Å². The van der Waals surface area contributed by atoms with Crippen molar-refractivity contribution in [3.63, 3.8) is 0 Å². The van der Waals surface area contributed by atoms with Gasteiger partial charge in [-0.05, 0) is 5.56 Å². The lowest BCUT2D eigenvalue weighted by Gasteiger charge is -2.24. The first-order chi connectivity index (χ1) is 16.8. The zero-order valence-corrected chi connectivity index (χ0v) is 19.0. The van der Waals surface area contributed by atoms with Gasteiger partial charge in [-0.3, -0.25) is 28.8 Å². The number of carbonyl (C=O) groups excluding carboxylic acids is 5. The van der Waals surface area contributed by atoms with Gasteiger partial charge in [0.25, 0.3) is 0 Å². The highest BCUT2D eigenvalue weighted by Gasteiger charge is 2.32. The van der Waals surface area contributed by atoms with Crippen LogP contribution in [0.4, 0.5) is 0 Å². The first kappa shape index (κ1) is 29.5. The number of rotatable bonds is 15. The number of nitrogens with two attached hydrogens (primary N) is 3. The van der Waals surface area contributed by atoms with Crippen LogP contribution in [0.5, 0.6) is 0 Å². The Morgan fingerprint density at radius 2 is 1.19 bits per heavy atom. The van der Waals surface area contributed by atoms with E-state index in [4.69, 9.17) is 22.3 Å². The maximum atomic E-state index is 12.9. The van der Waals surface area contributed by atoms with Crippen LogP contribution in [0.2, 0.25) is 0 Å². The molecule has 0 aliphatic carbocycles. The molecule has 0 radical (unpaired) electrons. The van der Waals surface area contributed by atoms with E-state index >= 15 is 0 Å². The van der Waals surface area contributed by atoms with E-state index in [1.807, 2.05) is 5.32 Å². The normalized spacial score (nSPS) is 13.8. The second kappa shape index (κ2) is 14.0. The number of hydrogen-bond donors (Lipinski definition) is 8. The smallest absolute Gasteiger partial charge is 0.326 e. The summed E-state index contributed by atoms with van der Waals surface area (Å²) in [5.41, 5.74) is 16.2. The topological polar surface area (TPSA) is 274 Å². The van der Waals surface area contributed by atoms with Gasteiger partial charge < -0.3 is 43.4 Å². The molecule has 36 heavy (non-hydrogen) atoms. The maximum Gasteiger partial charge on any atom is 0.326 e. The molecule has 0 heterocycles. The van der Waals surface area contributed by atoms with Crippen molar-refractivity contribution < 1.29 is 43.8 Å². The molecule has 0 saturated carbocycles. The molecule has 0 aliphatic rings. The van der Waals surface area contributed by atoms with Crippen LogP contribution in [0, 0.1) is 0 Å². The first-order valence-electron chi connectivity index (χ1n) is 10.5. The van der Waals surface area contributed by atoms with Gasteiger partial charge in [0.05, 0.1) is 25.3 Å². The second-order valence-corrected chi connectivity index (χ2v) is 7.76. The summed E-state index contributed by atoms with van der Waals surface area (Å²) in [6, 6.07) is 1.95. The largest absolute Gasteiger partial charge is 0.481 e. The molecule has 0 saturated heterocycles. The predicted octanol–water partition coefficient (Wildman–Crippen LogP) is -3.68. The van der Waals surface area contributed by atoms with Crippen molar-refractivity contribution in [3.8, 4) is 0 Å². The standard InChI is InChI=1S/C21H28N6O9/c22-11(7-15(23)28)18(32)25-13(8-16(24)29)20(34)26-12(6-10-4-2-1-3-5-10)19(33)27-14(21(35)36)9-17(30)31/h1-5,11-14H,6-9,22H2,(H2,23,28)(H2,24,29)(H,25,32)(H,26,34)(H,27,33)(H,30,31)(H,35,36). The summed E-state index contributed by atoms with van der Waals surface area (Å²) in [6.45, 7) is 0. The predicted molar refractivity (Wildman–Crippen MR) is 121 cm³/mol. The molecule has 1 aromatic carbocycles. The van der Waals surface area contributed by atoms with Crippen LogP contribution < -0.4 is 33.2 Å². The number of carbonyl (C=O) groups is 7. The lowest BCUT2D eigenvalue weighted by Crippen LogP contribution is -2.58. The Bertz CT molecular complexity index is 1000. The van der Waals surface area contributed by atoms with Crippen LogP contribution >= 0.6 is 0 Å². The summed E-state index contributed by atoms with van der Waals surface area (Å²) in [5, 5.41) is 24.6. The van der Waals surface area contributed by atoms with E-state index in [2.05, 4.69) is 10.6 Å². The van der Waals surface area contributed by atoms with Gasteiger partial charge in [-0.25, -0.2) is 4.79 Å². The Balaban J connectivity index is 3.14. The second-order valence-electron chi connectivity index (χ2n) is 7.76. The van der Waals surface area contributed by atoms with Gasteiger partial charge in [-0.1, -0.05) is 30.3 Å². The molecule has 1 aromatic rings. The Labute approximate surface area is 204 Å². The number of nitrogens with one attached hydrogen (secondary N) is 3. The lowest BCUT2D eigenvalue weighted by atomic mass is 10.0. The highest BCUT2D eigenvalue weighted by atomic mass is 16.4. The average Bonchev–Trinajstić information content (AvgIpc) is 2.77. The van der Waals surface area contributed by atoms with E-state index in [-0.39, 0.29) is 6.42 Å². The molecule has 1 rings (SSSR count). The van der Waals surface area contributed by atoms with E-state index in [1.165, 1.54) is 0 Å². The third-order valence-corrected chi connectivity index (χ3v) is 4.71. The van der Waals surface area contributed by atoms with Gasteiger partial charge in [-0.15, -0.1) is 0 Å².